The lowest BCUT2D eigenvalue weighted by Gasteiger charge is -2.33. The number of rotatable bonds is 6. The molecule has 9 heteroatoms. The largest absolute Gasteiger partial charge is 0.462 e. The number of esters is 1. The van der Waals surface area contributed by atoms with Gasteiger partial charge in [-0.2, -0.15) is 4.31 Å². The monoisotopic (exact) mass is 501 g/mol. The van der Waals surface area contributed by atoms with Gasteiger partial charge in [0.05, 0.1) is 12.6 Å². The Hall–Kier alpha value is -2.65. The number of aryl methyl sites for hydroxylation is 1. The number of piperidine rings is 1. The van der Waals surface area contributed by atoms with Crippen LogP contribution in [0.3, 0.4) is 0 Å². The molecule has 1 saturated heterocycles. The van der Waals surface area contributed by atoms with Crippen LogP contribution in [0.2, 0.25) is 0 Å². The molecular weight excluding hydrogens is 466 g/mol. The smallest absolute Gasteiger partial charge is 0.341 e. The molecule has 1 amide bonds. The van der Waals surface area contributed by atoms with Gasteiger partial charge in [0.2, 0.25) is 15.9 Å². The van der Waals surface area contributed by atoms with Crippen molar-refractivity contribution in [1.82, 2.24) is 14.2 Å². The van der Waals surface area contributed by atoms with Crippen LogP contribution < -0.4 is 5.32 Å². The molecule has 4 rings (SSSR count). The predicted molar refractivity (Wildman–Crippen MR) is 133 cm³/mol. The number of carbonyl (C=O) groups excluding carboxylic acids is 2. The van der Waals surface area contributed by atoms with Crippen molar-refractivity contribution in [3.05, 3.63) is 52.3 Å². The van der Waals surface area contributed by atoms with Gasteiger partial charge >= 0.3 is 5.97 Å². The Balaban J connectivity index is 1.47. The summed E-state index contributed by atoms with van der Waals surface area (Å²) in [5, 5.41) is 3.22. The van der Waals surface area contributed by atoms with Crippen LogP contribution in [-0.2, 0) is 33.0 Å². The second-order valence-corrected chi connectivity index (χ2v) is 11.4. The molecule has 1 aliphatic carbocycles. The normalized spacial score (nSPS) is 19.3. The fourth-order valence-electron chi connectivity index (χ4n) is 5.36. The highest BCUT2D eigenvalue weighted by molar-refractivity contribution is 7.89. The fraction of sp³-hybridized carbons (Fsp3) is 0.538. The summed E-state index contributed by atoms with van der Waals surface area (Å²) in [4.78, 5) is 25.7. The van der Waals surface area contributed by atoms with E-state index in [4.69, 9.17) is 4.74 Å². The Bertz CT molecular complexity index is 1230. The zero-order chi connectivity index (χ0) is 25.3. The van der Waals surface area contributed by atoms with Gasteiger partial charge in [0.15, 0.2) is 0 Å². The maximum atomic E-state index is 13.6. The van der Waals surface area contributed by atoms with Gasteiger partial charge in [-0.25, -0.2) is 13.2 Å². The first kappa shape index (κ1) is 25.4. The van der Waals surface area contributed by atoms with Crippen LogP contribution >= 0.6 is 0 Å². The highest BCUT2D eigenvalue weighted by Crippen LogP contribution is 2.33. The summed E-state index contributed by atoms with van der Waals surface area (Å²) in [5.41, 5.74) is 3.63. The van der Waals surface area contributed by atoms with Gasteiger partial charge in [0, 0.05) is 37.4 Å². The maximum absolute atomic E-state index is 13.6. The van der Waals surface area contributed by atoms with E-state index in [1.165, 1.54) is 15.4 Å². The second kappa shape index (κ2) is 10.1. The standard InChI is InChI=1S/C26H35N3O5S/c1-5-34-26(31)23-17(2)28(4)18(3)24(23)35(32,33)29-15-13-20(14-16-29)25(30)27-22-12-8-10-19-9-6-7-11-21(19)22/h6-7,9,11,20,22H,5,8,10,12-16H2,1-4H3,(H,27,30)/t22-/m0/s1. The molecule has 8 nitrogen and oxygen atoms in total. The number of nitrogens with zero attached hydrogens (tertiary/aromatic N) is 2. The molecule has 1 aromatic heterocycles. The lowest BCUT2D eigenvalue weighted by molar-refractivity contribution is -0.127. The van der Waals surface area contributed by atoms with Crippen molar-refractivity contribution in [2.45, 2.75) is 63.8 Å². The van der Waals surface area contributed by atoms with Gasteiger partial charge in [-0.3, -0.25) is 4.79 Å². The van der Waals surface area contributed by atoms with Crippen molar-refractivity contribution in [2.75, 3.05) is 19.7 Å². The summed E-state index contributed by atoms with van der Waals surface area (Å²) in [6.07, 6.45) is 3.87. The van der Waals surface area contributed by atoms with E-state index in [1.54, 1.807) is 32.4 Å². The highest BCUT2D eigenvalue weighted by atomic mass is 32.2. The molecule has 2 aliphatic rings. The first-order chi connectivity index (χ1) is 16.7. The average Bonchev–Trinajstić information content (AvgIpc) is 3.09. The molecular formula is C26H35N3O5S. The summed E-state index contributed by atoms with van der Waals surface area (Å²) < 4.78 is 35.5. The molecule has 0 bridgehead atoms. The van der Waals surface area contributed by atoms with E-state index < -0.39 is 16.0 Å². The third-order valence-corrected chi connectivity index (χ3v) is 9.57. The van der Waals surface area contributed by atoms with E-state index in [0.717, 1.165) is 19.3 Å². The number of amides is 1. The molecule has 1 aliphatic heterocycles. The molecule has 0 saturated carbocycles. The number of benzene rings is 1. The molecule has 190 valence electrons. The number of carbonyl (C=O) groups is 2. The Kier molecular flexibility index (Phi) is 7.38. The molecule has 1 aromatic carbocycles. The topological polar surface area (TPSA) is 97.7 Å². The van der Waals surface area contributed by atoms with E-state index in [-0.39, 0.29) is 48.0 Å². The third-order valence-electron chi connectivity index (χ3n) is 7.51. The summed E-state index contributed by atoms with van der Waals surface area (Å²) in [6.45, 7) is 5.74. The van der Waals surface area contributed by atoms with E-state index in [1.807, 2.05) is 12.1 Å². The van der Waals surface area contributed by atoms with Crippen LogP contribution in [-0.4, -0.2) is 48.9 Å². The van der Waals surface area contributed by atoms with Crippen LogP contribution in [0.1, 0.15) is 71.5 Å². The van der Waals surface area contributed by atoms with Crippen molar-refractivity contribution in [3.63, 3.8) is 0 Å². The third kappa shape index (κ3) is 4.76. The van der Waals surface area contributed by atoms with Crippen molar-refractivity contribution in [1.29, 1.82) is 0 Å². The number of fused-ring (bicyclic) bond motifs is 1. The van der Waals surface area contributed by atoms with Crippen LogP contribution in [0.5, 0.6) is 0 Å². The van der Waals surface area contributed by atoms with Gasteiger partial charge in [0.1, 0.15) is 10.5 Å². The number of hydrogen-bond acceptors (Lipinski definition) is 5. The van der Waals surface area contributed by atoms with Crippen molar-refractivity contribution >= 4 is 21.9 Å². The minimum absolute atomic E-state index is 0.0105. The zero-order valence-corrected chi connectivity index (χ0v) is 21.8. The molecule has 1 fully saturated rings. The molecule has 35 heavy (non-hydrogen) atoms. The van der Waals surface area contributed by atoms with Gasteiger partial charge < -0.3 is 14.6 Å². The number of aromatic nitrogens is 1. The van der Waals surface area contributed by atoms with Crippen molar-refractivity contribution in [3.8, 4) is 0 Å². The van der Waals surface area contributed by atoms with E-state index in [9.17, 15) is 18.0 Å². The average molecular weight is 502 g/mol. The SMILES string of the molecule is CCOC(=O)c1c(S(=O)(=O)N2CCC(C(=O)N[C@H]3CCCc4ccccc43)CC2)c(C)n(C)c1C. The first-order valence-corrected chi connectivity index (χ1v) is 13.8. The predicted octanol–water partition coefficient (Wildman–Crippen LogP) is 3.41. The molecule has 0 radical (unpaired) electrons. The Morgan fingerprint density at radius 3 is 2.46 bits per heavy atom. The van der Waals surface area contributed by atoms with Crippen molar-refractivity contribution < 1.29 is 22.7 Å². The maximum Gasteiger partial charge on any atom is 0.341 e. The van der Waals surface area contributed by atoms with E-state index >= 15 is 0 Å². The Labute approximate surface area is 207 Å². The number of sulfonamides is 1. The van der Waals surface area contributed by atoms with Crippen LogP contribution in [0.4, 0.5) is 0 Å². The molecule has 1 N–H and O–H groups in total. The molecule has 2 aromatic rings. The number of ether oxygens (including phenoxy) is 1. The summed E-state index contributed by atoms with van der Waals surface area (Å²) >= 11 is 0. The van der Waals surface area contributed by atoms with Gasteiger partial charge in [0.25, 0.3) is 0 Å². The second-order valence-electron chi connectivity index (χ2n) is 9.49. The van der Waals surface area contributed by atoms with Crippen molar-refractivity contribution in [2.24, 2.45) is 13.0 Å². The van der Waals surface area contributed by atoms with Gasteiger partial charge in [-0.05, 0) is 64.0 Å². The molecule has 0 spiro atoms. The summed E-state index contributed by atoms with van der Waals surface area (Å²) in [5.74, 6) is -0.879. The number of hydrogen-bond donors (Lipinski definition) is 1. The zero-order valence-electron chi connectivity index (χ0n) is 21.0. The van der Waals surface area contributed by atoms with Gasteiger partial charge in [-0.1, -0.05) is 24.3 Å². The van der Waals surface area contributed by atoms with Gasteiger partial charge in [-0.15, -0.1) is 0 Å². The number of nitrogens with one attached hydrogen (secondary N) is 1. The minimum atomic E-state index is -3.92. The summed E-state index contributed by atoms with van der Waals surface area (Å²) in [7, 11) is -2.18. The highest BCUT2D eigenvalue weighted by Gasteiger charge is 2.38. The quantitative estimate of drug-likeness (QED) is 0.612. The van der Waals surface area contributed by atoms with Crippen LogP contribution in [0, 0.1) is 19.8 Å². The minimum Gasteiger partial charge on any atom is -0.462 e. The molecule has 2 heterocycles. The van der Waals surface area contributed by atoms with Crippen LogP contribution in [0.15, 0.2) is 29.2 Å². The Morgan fingerprint density at radius 2 is 1.77 bits per heavy atom. The lowest BCUT2D eigenvalue weighted by Crippen LogP contribution is -2.44. The van der Waals surface area contributed by atoms with E-state index in [2.05, 4.69) is 17.4 Å². The molecule has 1 atom stereocenters. The fourth-order valence-corrected chi connectivity index (χ4v) is 7.31. The van der Waals surface area contributed by atoms with Crippen LogP contribution in [0.25, 0.3) is 0 Å². The van der Waals surface area contributed by atoms with E-state index in [0.29, 0.717) is 24.2 Å². The molecule has 0 unspecified atom stereocenters. The summed E-state index contributed by atoms with van der Waals surface area (Å²) in [6, 6.07) is 8.25. The lowest BCUT2D eigenvalue weighted by atomic mass is 9.87. The Morgan fingerprint density at radius 1 is 1.09 bits per heavy atom. The first-order valence-electron chi connectivity index (χ1n) is 12.4.